The van der Waals surface area contributed by atoms with Gasteiger partial charge in [-0.3, -0.25) is 9.69 Å². The van der Waals surface area contributed by atoms with Gasteiger partial charge in [-0.2, -0.15) is 0 Å². The van der Waals surface area contributed by atoms with Gasteiger partial charge < -0.3 is 4.90 Å². The summed E-state index contributed by atoms with van der Waals surface area (Å²) < 4.78 is 1.25. The van der Waals surface area contributed by atoms with Gasteiger partial charge in [-0.05, 0) is 67.2 Å². The van der Waals surface area contributed by atoms with Crippen LogP contribution < -0.4 is 0 Å². The first-order valence-corrected chi connectivity index (χ1v) is 12.9. The number of benzene rings is 1. The summed E-state index contributed by atoms with van der Waals surface area (Å²) in [6.07, 6.45) is 5.93. The van der Waals surface area contributed by atoms with Gasteiger partial charge in [0.05, 0.1) is 21.8 Å². The molecular formula is C24H27N3OS2. The van der Waals surface area contributed by atoms with Crippen molar-refractivity contribution in [1.82, 2.24) is 14.8 Å². The Morgan fingerprint density at radius 3 is 2.90 bits per heavy atom. The maximum Gasteiger partial charge on any atom is 0.236 e. The fourth-order valence-electron chi connectivity index (χ4n) is 5.28. The number of thiophene rings is 1. The van der Waals surface area contributed by atoms with Crippen molar-refractivity contribution in [3.8, 4) is 0 Å². The molecule has 1 saturated carbocycles. The quantitative estimate of drug-likeness (QED) is 0.572. The second kappa shape index (κ2) is 7.74. The summed E-state index contributed by atoms with van der Waals surface area (Å²) in [6.45, 7) is 3.31. The molecule has 6 rings (SSSR count). The van der Waals surface area contributed by atoms with E-state index in [9.17, 15) is 4.79 Å². The van der Waals surface area contributed by atoms with Crippen LogP contribution in [0.25, 0.3) is 10.2 Å². The van der Waals surface area contributed by atoms with Gasteiger partial charge in [0.1, 0.15) is 0 Å². The number of fused-ring (bicyclic) bond motifs is 2. The fourth-order valence-corrected chi connectivity index (χ4v) is 7.29. The number of nitrogens with zero attached hydrogens (tertiary/aromatic N) is 3. The minimum absolute atomic E-state index is 0.310. The lowest BCUT2D eigenvalue weighted by molar-refractivity contribution is -0.134. The van der Waals surface area contributed by atoms with E-state index in [-0.39, 0.29) is 0 Å². The molecule has 0 radical (unpaired) electrons. The van der Waals surface area contributed by atoms with Gasteiger partial charge in [-0.1, -0.05) is 12.1 Å². The van der Waals surface area contributed by atoms with Crippen LogP contribution in [0.5, 0.6) is 0 Å². The van der Waals surface area contributed by atoms with Crippen molar-refractivity contribution in [2.75, 3.05) is 26.2 Å². The van der Waals surface area contributed by atoms with Gasteiger partial charge in [0.15, 0.2) is 0 Å². The summed E-state index contributed by atoms with van der Waals surface area (Å²) in [5, 5.41) is 3.43. The zero-order valence-corrected chi connectivity index (χ0v) is 18.8. The van der Waals surface area contributed by atoms with E-state index >= 15 is 0 Å². The topological polar surface area (TPSA) is 36.4 Å². The third kappa shape index (κ3) is 3.49. The van der Waals surface area contributed by atoms with E-state index in [4.69, 9.17) is 4.98 Å². The Kier molecular flexibility index (Phi) is 4.89. The summed E-state index contributed by atoms with van der Waals surface area (Å²) in [4.78, 5) is 24.4. The molecule has 2 fully saturated rings. The highest BCUT2D eigenvalue weighted by molar-refractivity contribution is 7.18. The number of likely N-dealkylation sites (tertiary alicyclic amines) is 1. The van der Waals surface area contributed by atoms with Crippen LogP contribution in [0.4, 0.5) is 0 Å². The second-order valence-electron chi connectivity index (χ2n) is 9.00. The van der Waals surface area contributed by atoms with Crippen LogP contribution in [0.3, 0.4) is 0 Å². The Balaban J connectivity index is 1.16. The van der Waals surface area contributed by atoms with Gasteiger partial charge in [-0.25, -0.2) is 4.98 Å². The molecule has 6 heteroatoms. The van der Waals surface area contributed by atoms with Crippen molar-refractivity contribution in [1.29, 1.82) is 0 Å². The predicted octanol–water partition coefficient (Wildman–Crippen LogP) is 5.07. The first-order valence-electron chi connectivity index (χ1n) is 11.2. The molecule has 0 N–H and O–H groups in total. The van der Waals surface area contributed by atoms with E-state index in [1.165, 1.54) is 28.1 Å². The minimum Gasteiger partial charge on any atom is -0.341 e. The van der Waals surface area contributed by atoms with E-state index < -0.39 is 0 Å². The molecule has 1 aliphatic carbocycles. The van der Waals surface area contributed by atoms with Gasteiger partial charge in [0.25, 0.3) is 0 Å². The monoisotopic (exact) mass is 437 g/mol. The molecule has 1 amide bonds. The molecule has 0 spiro atoms. The molecule has 1 saturated heterocycles. The fraction of sp³-hybridized carbons (Fsp3) is 0.500. The smallest absolute Gasteiger partial charge is 0.236 e. The van der Waals surface area contributed by atoms with Gasteiger partial charge in [-0.15, -0.1) is 22.7 Å². The Bertz CT molecular complexity index is 1040. The molecule has 2 atom stereocenters. The number of hydrogen-bond acceptors (Lipinski definition) is 5. The number of piperidine rings is 1. The lowest BCUT2D eigenvalue weighted by Gasteiger charge is -2.38. The van der Waals surface area contributed by atoms with Crippen molar-refractivity contribution in [3.63, 3.8) is 0 Å². The Morgan fingerprint density at radius 1 is 1.13 bits per heavy atom. The highest BCUT2D eigenvalue weighted by atomic mass is 32.1. The molecule has 3 aliphatic rings. The average molecular weight is 438 g/mol. The van der Waals surface area contributed by atoms with Gasteiger partial charge >= 0.3 is 0 Å². The third-order valence-corrected chi connectivity index (χ3v) is 9.15. The highest BCUT2D eigenvalue weighted by Crippen LogP contribution is 2.48. The Morgan fingerprint density at radius 2 is 2.03 bits per heavy atom. The van der Waals surface area contributed by atoms with Crippen LogP contribution in [0.15, 0.2) is 35.7 Å². The number of hydrogen-bond donors (Lipinski definition) is 0. The van der Waals surface area contributed by atoms with Crippen LogP contribution in [0.1, 0.15) is 53.1 Å². The summed E-state index contributed by atoms with van der Waals surface area (Å²) in [5.41, 5.74) is 2.60. The summed E-state index contributed by atoms with van der Waals surface area (Å²) in [6, 6.07) is 11.1. The summed E-state index contributed by atoms with van der Waals surface area (Å²) >= 11 is 3.70. The number of amides is 1. The zero-order valence-electron chi connectivity index (χ0n) is 17.1. The largest absolute Gasteiger partial charge is 0.341 e. The molecule has 4 heterocycles. The van der Waals surface area contributed by atoms with Crippen molar-refractivity contribution in [3.05, 3.63) is 51.2 Å². The normalized spacial score (nSPS) is 24.9. The van der Waals surface area contributed by atoms with Gasteiger partial charge in [0.2, 0.25) is 5.91 Å². The maximum absolute atomic E-state index is 13.3. The van der Waals surface area contributed by atoms with Crippen LogP contribution in [0, 0.1) is 5.92 Å². The number of rotatable bonds is 4. The van der Waals surface area contributed by atoms with Crippen molar-refractivity contribution >= 4 is 38.8 Å². The average Bonchev–Trinajstić information content (AvgIpc) is 3.33. The van der Waals surface area contributed by atoms with Crippen molar-refractivity contribution in [2.45, 2.75) is 44.1 Å². The molecule has 2 aliphatic heterocycles. The number of carbonyl (C=O) groups is 1. The van der Waals surface area contributed by atoms with Crippen LogP contribution >= 0.6 is 22.7 Å². The number of carbonyl (C=O) groups excluding carboxylic acids is 1. The molecule has 2 aromatic heterocycles. The Labute approximate surface area is 185 Å². The lowest BCUT2D eigenvalue weighted by atomic mass is 9.95. The standard InChI is InChI=1S/C24H27N3OS2/c28-22(15-27-12-9-20-18(10-13-29-20)23(27)16-7-8-16)26-11-3-4-17(14-26)24-25-19-5-1-2-6-21(19)30-24/h1-2,5-6,10,13,16-17,23H,3-4,7-9,11-12,14-15H2/t17-,23+/m0/s1. The summed E-state index contributed by atoms with van der Waals surface area (Å²) in [5.74, 6) is 1.44. The van der Waals surface area contributed by atoms with E-state index in [2.05, 4.69) is 45.5 Å². The van der Waals surface area contributed by atoms with E-state index in [0.717, 1.165) is 50.3 Å². The minimum atomic E-state index is 0.310. The van der Waals surface area contributed by atoms with Crippen LogP contribution in [0.2, 0.25) is 0 Å². The van der Waals surface area contributed by atoms with Crippen molar-refractivity contribution < 1.29 is 4.79 Å². The number of thiazole rings is 1. The van der Waals surface area contributed by atoms with E-state index in [1.807, 2.05) is 11.3 Å². The molecule has 1 aromatic carbocycles. The van der Waals surface area contributed by atoms with Crippen LogP contribution in [-0.4, -0.2) is 46.9 Å². The van der Waals surface area contributed by atoms with Crippen LogP contribution in [-0.2, 0) is 11.2 Å². The van der Waals surface area contributed by atoms with E-state index in [1.54, 1.807) is 16.2 Å². The van der Waals surface area contributed by atoms with Gasteiger partial charge in [0, 0.05) is 36.5 Å². The highest BCUT2D eigenvalue weighted by Gasteiger charge is 2.41. The first-order chi connectivity index (χ1) is 14.8. The third-order valence-electron chi connectivity index (χ3n) is 6.96. The number of aromatic nitrogens is 1. The SMILES string of the molecule is O=C(CN1CCc2sccc2[C@H]1C1CC1)N1CCC[C@H](c2nc3ccccc3s2)C1. The predicted molar refractivity (Wildman–Crippen MR) is 123 cm³/mol. The molecule has 0 bridgehead atoms. The molecule has 3 aromatic rings. The maximum atomic E-state index is 13.3. The first kappa shape index (κ1) is 19.0. The molecule has 30 heavy (non-hydrogen) atoms. The number of para-hydroxylation sites is 1. The molecule has 4 nitrogen and oxygen atoms in total. The lowest BCUT2D eigenvalue weighted by Crippen LogP contribution is -2.47. The molecule has 156 valence electrons. The van der Waals surface area contributed by atoms with E-state index in [0.29, 0.717) is 24.4 Å². The second-order valence-corrected chi connectivity index (χ2v) is 11.1. The molecule has 0 unspecified atom stereocenters. The van der Waals surface area contributed by atoms with Crippen molar-refractivity contribution in [2.24, 2.45) is 5.92 Å². The molecular weight excluding hydrogens is 410 g/mol. The Hall–Kier alpha value is -1.76. The zero-order chi connectivity index (χ0) is 20.1. The summed E-state index contributed by atoms with van der Waals surface area (Å²) in [7, 11) is 0.